The minimum absolute atomic E-state index is 0.0143. The van der Waals surface area contributed by atoms with Crippen molar-refractivity contribution >= 4 is 17.6 Å². The van der Waals surface area contributed by atoms with Crippen LogP contribution in [0.3, 0.4) is 0 Å². The summed E-state index contributed by atoms with van der Waals surface area (Å²) in [5.74, 6) is 1.08. The fraction of sp³-hybridized carbons (Fsp3) is 0.737. The molecule has 1 aromatic heterocycles. The van der Waals surface area contributed by atoms with E-state index in [4.69, 9.17) is 0 Å². The van der Waals surface area contributed by atoms with Crippen molar-refractivity contribution in [3.8, 4) is 0 Å². The van der Waals surface area contributed by atoms with Crippen LogP contribution in [0.25, 0.3) is 0 Å². The SMILES string of the molecule is CCNC(=NCCn1cc([N+](=O)[O-])cn1)N1CCN(C(C)C(=O)N2CCCC2)CC1. The van der Waals surface area contributed by atoms with E-state index in [0.717, 1.165) is 64.6 Å². The molecule has 11 heteroatoms. The molecule has 3 heterocycles. The molecule has 2 saturated heterocycles. The molecule has 166 valence electrons. The molecular formula is C19H32N8O3. The minimum atomic E-state index is -0.453. The van der Waals surface area contributed by atoms with E-state index in [1.807, 2.05) is 18.7 Å². The predicted molar refractivity (Wildman–Crippen MR) is 113 cm³/mol. The topological polar surface area (TPSA) is 112 Å². The van der Waals surface area contributed by atoms with E-state index in [-0.39, 0.29) is 17.6 Å². The lowest BCUT2D eigenvalue weighted by Crippen LogP contribution is -2.57. The number of guanidine groups is 1. The summed E-state index contributed by atoms with van der Waals surface area (Å²) in [6.07, 6.45) is 4.89. The summed E-state index contributed by atoms with van der Waals surface area (Å²) in [6, 6.07) is -0.0830. The molecule has 30 heavy (non-hydrogen) atoms. The molecule has 0 saturated carbocycles. The van der Waals surface area contributed by atoms with Crippen molar-refractivity contribution in [1.82, 2.24) is 29.8 Å². The zero-order chi connectivity index (χ0) is 21.5. The number of nitrogens with one attached hydrogen (secondary N) is 1. The van der Waals surface area contributed by atoms with Gasteiger partial charge in [0.05, 0.1) is 24.1 Å². The van der Waals surface area contributed by atoms with E-state index in [9.17, 15) is 14.9 Å². The maximum atomic E-state index is 12.7. The molecule has 11 nitrogen and oxygen atoms in total. The van der Waals surface area contributed by atoms with Gasteiger partial charge in [0.25, 0.3) is 0 Å². The molecule has 0 spiro atoms. The third-order valence-electron chi connectivity index (χ3n) is 5.69. The highest BCUT2D eigenvalue weighted by Crippen LogP contribution is 2.14. The van der Waals surface area contributed by atoms with Crippen molar-refractivity contribution in [3.05, 3.63) is 22.5 Å². The number of nitrogens with zero attached hydrogens (tertiary/aromatic N) is 7. The van der Waals surface area contributed by atoms with Crippen LogP contribution in [0.5, 0.6) is 0 Å². The van der Waals surface area contributed by atoms with E-state index in [2.05, 4.69) is 25.2 Å². The molecule has 1 aromatic rings. The van der Waals surface area contributed by atoms with Crippen molar-refractivity contribution in [1.29, 1.82) is 0 Å². The molecule has 0 bridgehead atoms. The standard InChI is InChI=1S/C19H32N8O3/c1-3-20-19(21-6-9-26-15-17(14-22-26)27(29)30)25-12-10-23(11-13-25)16(2)18(28)24-7-4-5-8-24/h14-16H,3-13H2,1-2H3,(H,20,21). The Bertz CT molecular complexity index is 751. The van der Waals surface area contributed by atoms with E-state index in [1.165, 1.54) is 17.1 Å². The summed E-state index contributed by atoms with van der Waals surface area (Å²) in [5, 5.41) is 18.1. The zero-order valence-electron chi connectivity index (χ0n) is 17.9. The number of carbonyl (C=O) groups is 1. The number of rotatable bonds is 7. The molecular weight excluding hydrogens is 388 g/mol. The van der Waals surface area contributed by atoms with Gasteiger partial charge >= 0.3 is 5.69 Å². The highest BCUT2D eigenvalue weighted by Gasteiger charge is 2.30. The lowest BCUT2D eigenvalue weighted by Gasteiger charge is -2.39. The van der Waals surface area contributed by atoms with Crippen LogP contribution in [0.4, 0.5) is 5.69 Å². The Morgan fingerprint density at radius 1 is 1.23 bits per heavy atom. The Balaban J connectivity index is 1.50. The monoisotopic (exact) mass is 420 g/mol. The first-order valence-corrected chi connectivity index (χ1v) is 10.7. The van der Waals surface area contributed by atoms with E-state index in [0.29, 0.717) is 13.1 Å². The van der Waals surface area contributed by atoms with Gasteiger partial charge in [-0.3, -0.25) is 29.5 Å². The summed E-state index contributed by atoms with van der Waals surface area (Å²) < 4.78 is 1.54. The number of likely N-dealkylation sites (tertiary alicyclic amines) is 1. The van der Waals surface area contributed by atoms with Crippen LogP contribution in [-0.2, 0) is 11.3 Å². The van der Waals surface area contributed by atoms with Gasteiger partial charge in [-0.25, -0.2) is 0 Å². The lowest BCUT2D eigenvalue weighted by molar-refractivity contribution is -0.385. The number of aliphatic imine (C=N–C) groups is 1. The predicted octanol–water partition coefficient (Wildman–Crippen LogP) is 0.385. The molecule has 0 aromatic carbocycles. The Hall–Kier alpha value is -2.69. The second-order valence-corrected chi connectivity index (χ2v) is 7.69. The van der Waals surface area contributed by atoms with Gasteiger partial charge in [0, 0.05) is 45.8 Å². The molecule has 1 amide bonds. The first kappa shape index (κ1) is 22.0. The van der Waals surface area contributed by atoms with Crippen LogP contribution >= 0.6 is 0 Å². The molecule has 1 unspecified atom stereocenters. The number of carbonyl (C=O) groups excluding carboxylic acids is 1. The highest BCUT2D eigenvalue weighted by molar-refractivity contribution is 5.82. The van der Waals surface area contributed by atoms with Crippen molar-refractivity contribution in [3.63, 3.8) is 0 Å². The van der Waals surface area contributed by atoms with Crippen LogP contribution in [0.15, 0.2) is 17.4 Å². The molecule has 2 fully saturated rings. The number of piperazine rings is 1. The normalized spacial score (nSPS) is 19.2. The second kappa shape index (κ2) is 10.4. The number of aromatic nitrogens is 2. The number of nitro groups is 1. The van der Waals surface area contributed by atoms with E-state index < -0.39 is 4.92 Å². The molecule has 1 N–H and O–H groups in total. The Kier molecular flexibility index (Phi) is 7.61. The Morgan fingerprint density at radius 2 is 1.93 bits per heavy atom. The van der Waals surface area contributed by atoms with Gasteiger partial charge in [-0.05, 0) is 26.7 Å². The average Bonchev–Trinajstić information content (AvgIpc) is 3.44. The number of hydrogen-bond acceptors (Lipinski definition) is 6. The number of hydrogen-bond donors (Lipinski definition) is 1. The summed E-state index contributed by atoms with van der Waals surface area (Å²) >= 11 is 0. The lowest BCUT2D eigenvalue weighted by atomic mass is 10.2. The fourth-order valence-corrected chi connectivity index (χ4v) is 3.93. The molecule has 0 radical (unpaired) electrons. The summed E-state index contributed by atoms with van der Waals surface area (Å²) in [7, 11) is 0. The third kappa shape index (κ3) is 5.47. The van der Waals surface area contributed by atoms with Gasteiger partial charge in [-0.15, -0.1) is 0 Å². The van der Waals surface area contributed by atoms with Crippen LogP contribution in [0, 0.1) is 10.1 Å². The second-order valence-electron chi connectivity index (χ2n) is 7.69. The maximum absolute atomic E-state index is 12.7. The largest absolute Gasteiger partial charge is 0.357 e. The molecule has 0 aliphatic carbocycles. The van der Waals surface area contributed by atoms with Gasteiger partial charge in [0.2, 0.25) is 5.91 Å². The zero-order valence-corrected chi connectivity index (χ0v) is 17.9. The van der Waals surface area contributed by atoms with E-state index in [1.54, 1.807) is 0 Å². The van der Waals surface area contributed by atoms with E-state index >= 15 is 0 Å². The van der Waals surface area contributed by atoms with Crippen LogP contribution in [-0.4, -0.2) is 99.7 Å². The summed E-state index contributed by atoms with van der Waals surface area (Å²) in [5.41, 5.74) is -0.0143. The fourth-order valence-electron chi connectivity index (χ4n) is 3.93. The molecule has 1 atom stereocenters. The minimum Gasteiger partial charge on any atom is -0.357 e. The highest BCUT2D eigenvalue weighted by atomic mass is 16.6. The first-order valence-electron chi connectivity index (χ1n) is 10.7. The Morgan fingerprint density at radius 3 is 2.53 bits per heavy atom. The smallest absolute Gasteiger partial charge is 0.306 e. The average molecular weight is 421 g/mol. The van der Waals surface area contributed by atoms with Gasteiger partial charge in [-0.2, -0.15) is 5.10 Å². The Labute approximate surface area is 176 Å². The summed E-state index contributed by atoms with van der Waals surface area (Å²) in [4.78, 5) is 34.1. The molecule has 3 rings (SSSR count). The van der Waals surface area contributed by atoms with Crippen molar-refractivity contribution in [2.24, 2.45) is 4.99 Å². The first-order chi connectivity index (χ1) is 14.5. The molecule has 2 aliphatic rings. The third-order valence-corrected chi connectivity index (χ3v) is 5.69. The van der Waals surface area contributed by atoms with Gasteiger partial charge in [-0.1, -0.05) is 0 Å². The summed E-state index contributed by atoms with van der Waals surface area (Å²) in [6.45, 7) is 10.8. The number of amides is 1. The molecule has 2 aliphatic heterocycles. The van der Waals surface area contributed by atoms with Crippen molar-refractivity contribution < 1.29 is 9.72 Å². The van der Waals surface area contributed by atoms with Crippen LogP contribution in [0.1, 0.15) is 26.7 Å². The van der Waals surface area contributed by atoms with Crippen LogP contribution < -0.4 is 5.32 Å². The quantitative estimate of drug-likeness (QED) is 0.294. The van der Waals surface area contributed by atoms with Crippen LogP contribution in [0.2, 0.25) is 0 Å². The van der Waals surface area contributed by atoms with Gasteiger partial charge in [0.15, 0.2) is 5.96 Å². The van der Waals surface area contributed by atoms with Crippen molar-refractivity contribution in [2.75, 3.05) is 52.4 Å². The van der Waals surface area contributed by atoms with Gasteiger partial charge < -0.3 is 15.1 Å². The van der Waals surface area contributed by atoms with Crippen molar-refractivity contribution in [2.45, 2.75) is 39.3 Å². The van der Waals surface area contributed by atoms with Gasteiger partial charge in [0.1, 0.15) is 12.4 Å². The maximum Gasteiger partial charge on any atom is 0.306 e.